The Balaban J connectivity index is 1.46. The van der Waals surface area contributed by atoms with Crippen LogP contribution in [0.15, 0.2) is 78.9 Å². The van der Waals surface area contributed by atoms with Gasteiger partial charge < -0.3 is 14.4 Å². The smallest absolute Gasteiger partial charge is 0.254 e. The van der Waals surface area contributed by atoms with E-state index in [1.165, 1.54) is 0 Å². The van der Waals surface area contributed by atoms with Crippen LogP contribution in [0.5, 0.6) is 5.75 Å². The van der Waals surface area contributed by atoms with E-state index in [0.717, 1.165) is 60.9 Å². The lowest BCUT2D eigenvalue weighted by atomic mass is 10.1. The second-order valence-electron chi connectivity index (χ2n) is 8.42. The number of amides is 1. The standard InChI is InChI=1S/C28H32N2O3/c1-23-8-5-6-13-27(23)28(31)30(15-14-29-16-18-32-19-17-29)21-25-11-7-12-26(20-25)33-22-24-9-3-2-4-10-24/h2-13,20H,14-19,21-22H2,1H3. The molecule has 1 fully saturated rings. The van der Waals surface area contributed by atoms with Gasteiger partial charge >= 0.3 is 0 Å². The molecule has 33 heavy (non-hydrogen) atoms. The Kier molecular flexibility index (Phi) is 8.12. The number of hydrogen-bond acceptors (Lipinski definition) is 4. The summed E-state index contributed by atoms with van der Waals surface area (Å²) in [5, 5.41) is 0. The Bertz CT molecular complexity index is 1030. The van der Waals surface area contributed by atoms with Crippen molar-refractivity contribution < 1.29 is 14.3 Å². The van der Waals surface area contributed by atoms with Gasteiger partial charge in [0.1, 0.15) is 12.4 Å². The number of rotatable bonds is 9. The fourth-order valence-electron chi connectivity index (χ4n) is 4.02. The first-order valence-electron chi connectivity index (χ1n) is 11.6. The largest absolute Gasteiger partial charge is 0.489 e. The fraction of sp³-hybridized carbons (Fsp3) is 0.321. The third kappa shape index (κ3) is 6.67. The van der Waals surface area contributed by atoms with E-state index in [0.29, 0.717) is 19.7 Å². The van der Waals surface area contributed by atoms with E-state index in [2.05, 4.69) is 23.1 Å². The molecule has 0 bridgehead atoms. The second kappa shape index (κ2) is 11.6. The predicted octanol–water partition coefficient (Wildman–Crippen LogP) is 4.55. The average molecular weight is 445 g/mol. The lowest BCUT2D eigenvalue weighted by molar-refractivity contribution is 0.0320. The van der Waals surface area contributed by atoms with Gasteiger partial charge in [0.15, 0.2) is 0 Å². The third-order valence-corrected chi connectivity index (χ3v) is 5.97. The maximum atomic E-state index is 13.5. The molecule has 3 aromatic carbocycles. The summed E-state index contributed by atoms with van der Waals surface area (Å²) < 4.78 is 11.5. The van der Waals surface area contributed by atoms with E-state index in [1.54, 1.807) is 0 Å². The minimum Gasteiger partial charge on any atom is -0.489 e. The van der Waals surface area contributed by atoms with Crippen LogP contribution in [0.4, 0.5) is 0 Å². The summed E-state index contributed by atoms with van der Waals surface area (Å²) in [6, 6.07) is 26.0. The van der Waals surface area contributed by atoms with Crippen molar-refractivity contribution in [3.05, 3.63) is 101 Å². The van der Waals surface area contributed by atoms with E-state index < -0.39 is 0 Å². The highest BCUT2D eigenvalue weighted by molar-refractivity contribution is 5.95. The lowest BCUT2D eigenvalue weighted by Gasteiger charge is -2.30. The Labute approximate surface area is 196 Å². The van der Waals surface area contributed by atoms with Crippen molar-refractivity contribution in [2.24, 2.45) is 0 Å². The molecule has 0 spiro atoms. The molecule has 0 atom stereocenters. The molecule has 0 aliphatic carbocycles. The maximum absolute atomic E-state index is 13.5. The summed E-state index contributed by atoms with van der Waals surface area (Å²) in [5.74, 6) is 0.879. The van der Waals surface area contributed by atoms with Crippen LogP contribution in [-0.2, 0) is 17.9 Å². The third-order valence-electron chi connectivity index (χ3n) is 5.97. The molecular weight excluding hydrogens is 412 g/mol. The van der Waals surface area contributed by atoms with Crippen molar-refractivity contribution >= 4 is 5.91 Å². The van der Waals surface area contributed by atoms with Crippen molar-refractivity contribution in [2.75, 3.05) is 39.4 Å². The van der Waals surface area contributed by atoms with Gasteiger partial charge in [0.25, 0.3) is 5.91 Å². The minimum absolute atomic E-state index is 0.0666. The number of carbonyl (C=O) groups is 1. The van der Waals surface area contributed by atoms with Crippen LogP contribution in [0.2, 0.25) is 0 Å². The van der Waals surface area contributed by atoms with Crippen LogP contribution < -0.4 is 4.74 Å². The van der Waals surface area contributed by atoms with Gasteiger partial charge in [0, 0.05) is 38.3 Å². The summed E-state index contributed by atoms with van der Waals surface area (Å²) >= 11 is 0. The summed E-state index contributed by atoms with van der Waals surface area (Å²) in [4.78, 5) is 17.8. The van der Waals surface area contributed by atoms with Crippen LogP contribution in [0, 0.1) is 6.92 Å². The van der Waals surface area contributed by atoms with Crippen molar-refractivity contribution in [3.8, 4) is 5.75 Å². The first kappa shape index (κ1) is 23.0. The Hall–Kier alpha value is -3.15. The molecule has 1 heterocycles. The Morgan fingerprint density at radius 3 is 2.45 bits per heavy atom. The molecule has 0 saturated carbocycles. The second-order valence-corrected chi connectivity index (χ2v) is 8.42. The number of benzene rings is 3. The van der Waals surface area contributed by atoms with Gasteiger partial charge in [0.05, 0.1) is 13.2 Å². The molecule has 1 aliphatic heterocycles. The van der Waals surface area contributed by atoms with Crippen molar-refractivity contribution in [3.63, 3.8) is 0 Å². The topological polar surface area (TPSA) is 42.0 Å². The van der Waals surface area contributed by atoms with Crippen LogP contribution in [0.25, 0.3) is 0 Å². The SMILES string of the molecule is Cc1ccccc1C(=O)N(CCN1CCOCC1)Cc1cccc(OCc2ccccc2)c1. The molecular formula is C28H32N2O3. The molecule has 1 saturated heterocycles. The van der Waals surface area contributed by atoms with Gasteiger partial charge in [-0.1, -0.05) is 60.7 Å². The average Bonchev–Trinajstić information content (AvgIpc) is 2.87. The Morgan fingerprint density at radius 2 is 1.67 bits per heavy atom. The summed E-state index contributed by atoms with van der Waals surface area (Å²) in [7, 11) is 0. The van der Waals surface area contributed by atoms with Crippen molar-refractivity contribution in [2.45, 2.75) is 20.1 Å². The molecule has 5 heteroatoms. The quantitative estimate of drug-likeness (QED) is 0.486. The van der Waals surface area contributed by atoms with E-state index >= 15 is 0 Å². The molecule has 0 N–H and O–H groups in total. The van der Waals surface area contributed by atoms with Gasteiger partial charge in [-0.05, 0) is 41.8 Å². The number of carbonyl (C=O) groups excluding carboxylic acids is 1. The van der Waals surface area contributed by atoms with Crippen LogP contribution >= 0.6 is 0 Å². The first-order chi connectivity index (χ1) is 16.2. The zero-order valence-electron chi connectivity index (χ0n) is 19.3. The molecule has 0 unspecified atom stereocenters. The zero-order chi connectivity index (χ0) is 22.9. The normalized spacial score (nSPS) is 14.1. The lowest BCUT2D eigenvalue weighted by Crippen LogP contribution is -2.43. The van der Waals surface area contributed by atoms with Gasteiger partial charge in [-0.3, -0.25) is 9.69 Å². The molecule has 5 nitrogen and oxygen atoms in total. The monoisotopic (exact) mass is 444 g/mol. The Morgan fingerprint density at radius 1 is 0.939 bits per heavy atom. The van der Waals surface area contributed by atoms with E-state index in [9.17, 15) is 4.79 Å². The van der Waals surface area contributed by atoms with E-state index in [-0.39, 0.29) is 5.91 Å². The maximum Gasteiger partial charge on any atom is 0.254 e. The molecule has 0 aromatic heterocycles. The number of ether oxygens (including phenoxy) is 2. The van der Waals surface area contributed by atoms with Crippen LogP contribution in [0.3, 0.4) is 0 Å². The molecule has 1 aliphatic rings. The van der Waals surface area contributed by atoms with Gasteiger partial charge in [-0.2, -0.15) is 0 Å². The first-order valence-corrected chi connectivity index (χ1v) is 11.6. The number of morpholine rings is 1. The molecule has 172 valence electrons. The van der Waals surface area contributed by atoms with E-state index in [4.69, 9.17) is 9.47 Å². The fourth-order valence-corrected chi connectivity index (χ4v) is 4.02. The van der Waals surface area contributed by atoms with Gasteiger partial charge in [-0.25, -0.2) is 0 Å². The summed E-state index contributed by atoms with van der Waals surface area (Å²) in [5.41, 5.74) is 3.95. The van der Waals surface area contributed by atoms with E-state index in [1.807, 2.05) is 72.5 Å². The zero-order valence-corrected chi connectivity index (χ0v) is 19.3. The molecule has 3 aromatic rings. The van der Waals surface area contributed by atoms with Crippen molar-refractivity contribution in [1.82, 2.24) is 9.80 Å². The predicted molar refractivity (Wildman–Crippen MR) is 130 cm³/mol. The minimum atomic E-state index is 0.0666. The number of hydrogen-bond donors (Lipinski definition) is 0. The summed E-state index contributed by atoms with van der Waals surface area (Å²) in [6.07, 6.45) is 0. The molecule has 1 amide bonds. The van der Waals surface area contributed by atoms with Gasteiger partial charge in [-0.15, -0.1) is 0 Å². The number of nitrogens with zero attached hydrogens (tertiary/aromatic N) is 2. The van der Waals surface area contributed by atoms with Gasteiger partial charge in [0.2, 0.25) is 0 Å². The van der Waals surface area contributed by atoms with Crippen LogP contribution in [0.1, 0.15) is 27.0 Å². The summed E-state index contributed by atoms with van der Waals surface area (Å²) in [6.45, 7) is 7.90. The molecule has 4 rings (SSSR count). The molecule has 0 radical (unpaired) electrons. The van der Waals surface area contributed by atoms with Crippen LogP contribution in [-0.4, -0.2) is 55.1 Å². The highest BCUT2D eigenvalue weighted by Gasteiger charge is 2.20. The highest BCUT2D eigenvalue weighted by atomic mass is 16.5. The van der Waals surface area contributed by atoms with Crippen molar-refractivity contribution in [1.29, 1.82) is 0 Å². The number of aryl methyl sites for hydroxylation is 1. The highest BCUT2D eigenvalue weighted by Crippen LogP contribution is 2.19.